The SMILES string of the molecule is Cc1cc(/C(O)=C2/C(=O)C(=O)N(c3ccccc3)C2c2ccc(O)cc2)ccc1OC(C)C. The van der Waals surface area contributed by atoms with Crippen molar-refractivity contribution in [2.75, 3.05) is 4.90 Å². The smallest absolute Gasteiger partial charge is 0.300 e. The maximum atomic E-state index is 13.2. The molecule has 6 nitrogen and oxygen atoms in total. The third-order valence-corrected chi connectivity index (χ3v) is 5.50. The van der Waals surface area contributed by atoms with Crippen LogP contribution in [0.25, 0.3) is 5.76 Å². The molecule has 0 aliphatic carbocycles. The Balaban J connectivity index is 1.88. The standard InChI is InChI=1S/C27H25NO5/c1-16(2)33-22-14-11-19(15-17(22)3)25(30)23-24(18-9-12-21(29)13-10-18)28(27(32)26(23)31)20-7-5-4-6-8-20/h4-16,24,29-30H,1-3H3/b25-23-. The fourth-order valence-electron chi connectivity index (χ4n) is 4.00. The number of amides is 1. The van der Waals surface area contributed by atoms with Crippen molar-refractivity contribution < 1.29 is 24.5 Å². The minimum absolute atomic E-state index is 0.00570. The number of aliphatic hydroxyl groups is 1. The van der Waals surface area contributed by atoms with Gasteiger partial charge in [0.15, 0.2) is 0 Å². The molecule has 0 aromatic heterocycles. The molecule has 1 amide bonds. The summed E-state index contributed by atoms with van der Waals surface area (Å²) in [4.78, 5) is 27.7. The number of para-hydroxylation sites is 1. The van der Waals surface area contributed by atoms with Gasteiger partial charge < -0.3 is 14.9 Å². The number of nitrogens with zero attached hydrogens (tertiary/aromatic N) is 1. The van der Waals surface area contributed by atoms with Crippen LogP contribution in [0.4, 0.5) is 5.69 Å². The average Bonchev–Trinajstić information content (AvgIpc) is 3.06. The van der Waals surface area contributed by atoms with Gasteiger partial charge >= 0.3 is 0 Å². The molecule has 0 bridgehead atoms. The number of aromatic hydroxyl groups is 1. The Morgan fingerprint density at radius 3 is 2.24 bits per heavy atom. The van der Waals surface area contributed by atoms with Crippen molar-refractivity contribution in [1.82, 2.24) is 0 Å². The van der Waals surface area contributed by atoms with Crippen LogP contribution < -0.4 is 9.64 Å². The first-order valence-electron chi connectivity index (χ1n) is 10.7. The zero-order chi connectivity index (χ0) is 23.7. The van der Waals surface area contributed by atoms with E-state index in [1.54, 1.807) is 54.6 Å². The van der Waals surface area contributed by atoms with E-state index in [4.69, 9.17) is 4.74 Å². The molecule has 1 unspecified atom stereocenters. The molecule has 168 valence electrons. The van der Waals surface area contributed by atoms with E-state index >= 15 is 0 Å². The summed E-state index contributed by atoms with van der Waals surface area (Å²) in [6.07, 6.45) is -0.00570. The number of ether oxygens (including phenoxy) is 1. The second-order valence-electron chi connectivity index (χ2n) is 8.24. The molecule has 6 heteroatoms. The molecule has 1 aliphatic heterocycles. The summed E-state index contributed by atoms with van der Waals surface area (Å²) < 4.78 is 5.77. The number of phenols is 1. The fourth-order valence-corrected chi connectivity index (χ4v) is 4.00. The summed E-state index contributed by atoms with van der Waals surface area (Å²) in [5.74, 6) is -1.01. The molecular weight excluding hydrogens is 418 g/mol. The predicted molar refractivity (Wildman–Crippen MR) is 126 cm³/mol. The van der Waals surface area contributed by atoms with Gasteiger partial charge in [0.05, 0.1) is 17.7 Å². The van der Waals surface area contributed by atoms with Crippen LogP contribution in [0.5, 0.6) is 11.5 Å². The van der Waals surface area contributed by atoms with Crippen LogP contribution in [0.1, 0.15) is 36.6 Å². The van der Waals surface area contributed by atoms with Gasteiger partial charge in [-0.15, -0.1) is 0 Å². The summed E-state index contributed by atoms with van der Waals surface area (Å²) in [7, 11) is 0. The van der Waals surface area contributed by atoms with Gasteiger partial charge in [0.2, 0.25) is 0 Å². The van der Waals surface area contributed by atoms with E-state index in [1.165, 1.54) is 17.0 Å². The highest BCUT2D eigenvalue weighted by atomic mass is 16.5. The van der Waals surface area contributed by atoms with E-state index in [1.807, 2.05) is 26.8 Å². The molecule has 3 aromatic rings. The molecule has 0 saturated carbocycles. The molecule has 1 saturated heterocycles. The molecule has 0 spiro atoms. The van der Waals surface area contributed by atoms with Crippen LogP contribution >= 0.6 is 0 Å². The Morgan fingerprint density at radius 2 is 1.64 bits per heavy atom. The van der Waals surface area contributed by atoms with Crippen molar-refractivity contribution in [2.24, 2.45) is 0 Å². The average molecular weight is 443 g/mol. The molecule has 4 rings (SSSR count). The van der Waals surface area contributed by atoms with Gasteiger partial charge in [0.1, 0.15) is 17.3 Å². The summed E-state index contributed by atoms with van der Waals surface area (Å²) in [6.45, 7) is 5.71. The monoisotopic (exact) mass is 443 g/mol. The maximum Gasteiger partial charge on any atom is 0.300 e. The lowest BCUT2D eigenvalue weighted by Gasteiger charge is -2.25. The van der Waals surface area contributed by atoms with Gasteiger partial charge in [-0.25, -0.2) is 0 Å². The first-order chi connectivity index (χ1) is 15.8. The van der Waals surface area contributed by atoms with Crippen LogP contribution in [-0.2, 0) is 9.59 Å². The van der Waals surface area contributed by atoms with Crippen molar-refractivity contribution >= 4 is 23.1 Å². The summed E-state index contributed by atoms with van der Waals surface area (Å²) >= 11 is 0. The largest absolute Gasteiger partial charge is 0.508 e. The van der Waals surface area contributed by atoms with Gasteiger partial charge in [-0.3, -0.25) is 14.5 Å². The topological polar surface area (TPSA) is 87.1 Å². The van der Waals surface area contributed by atoms with Crippen molar-refractivity contribution in [2.45, 2.75) is 32.9 Å². The number of phenolic OH excluding ortho intramolecular Hbond substituents is 1. The quantitative estimate of drug-likeness (QED) is 0.325. The number of carbonyl (C=O) groups is 2. The minimum atomic E-state index is -0.847. The lowest BCUT2D eigenvalue weighted by atomic mass is 9.94. The van der Waals surface area contributed by atoms with E-state index in [-0.39, 0.29) is 23.2 Å². The highest BCUT2D eigenvalue weighted by Gasteiger charge is 2.46. The second kappa shape index (κ2) is 8.82. The molecule has 1 fully saturated rings. The third-order valence-electron chi connectivity index (χ3n) is 5.50. The molecule has 33 heavy (non-hydrogen) atoms. The highest BCUT2D eigenvalue weighted by molar-refractivity contribution is 6.51. The van der Waals surface area contributed by atoms with Crippen LogP contribution in [-0.4, -0.2) is 28.0 Å². The van der Waals surface area contributed by atoms with Crippen LogP contribution in [0, 0.1) is 6.92 Å². The lowest BCUT2D eigenvalue weighted by Crippen LogP contribution is -2.29. The Labute approximate surface area is 192 Å². The van der Waals surface area contributed by atoms with Crippen molar-refractivity contribution in [3.63, 3.8) is 0 Å². The number of ketones is 1. The number of aliphatic hydroxyl groups excluding tert-OH is 1. The first-order valence-corrected chi connectivity index (χ1v) is 10.7. The molecular formula is C27H25NO5. The highest BCUT2D eigenvalue weighted by Crippen LogP contribution is 2.42. The van der Waals surface area contributed by atoms with E-state index in [2.05, 4.69) is 0 Å². The van der Waals surface area contributed by atoms with Crippen LogP contribution in [0.15, 0.2) is 78.4 Å². The van der Waals surface area contributed by atoms with Crippen molar-refractivity contribution in [3.05, 3.63) is 95.1 Å². The number of benzene rings is 3. The van der Waals surface area contributed by atoms with E-state index in [9.17, 15) is 19.8 Å². The van der Waals surface area contributed by atoms with Gasteiger partial charge in [-0.05, 0) is 74.4 Å². The molecule has 1 aliphatic rings. The Hall–Kier alpha value is -4.06. The van der Waals surface area contributed by atoms with Crippen LogP contribution in [0.2, 0.25) is 0 Å². The van der Waals surface area contributed by atoms with Crippen molar-refractivity contribution in [1.29, 1.82) is 0 Å². The van der Waals surface area contributed by atoms with E-state index < -0.39 is 17.7 Å². The molecule has 0 radical (unpaired) electrons. The normalized spacial score (nSPS) is 17.6. The number of anilines is 1. The Bertz CT molecular complexity index is 1230. The molecule has 1 heterocycles. The number of rotatable bonds is 5. The summed E-state index contributed by atoms with van der Waals surface area (Å²) in [5.41, 5.74) is 2.33. The second-order valence-corrected chi connectivity index (χ2v) is 8.24. The van der Waals surface area contributed by atoms with Crippen LogP contribution in [0.3, 0.4) is 0 Å². The van der Waals surface area contributed by atoms with Gasteiger partial charge in [-0.1, -0.05) is 30.3 Å². The van der Waals surface area contributed by atoms with E-state index in [0.717, 1.165) is 5.56 Å². The fraction of sp³-hybridized carbons (Fsp3) is 0.185. The number of carbonyl (C=O) groups excluding carboxylic acids is 2. The van der Waals surface area contributed by atoms with Gasteiger partial charge in [-0.2, -0.15) is 0 Å². The summed E-state index contributed by atoms with van der Waals surface area (Å²) in [6, 6.07) is 19.4. The number of aryl methyl sites for hydroxylation is 1. The number of Topliss-reactive ketones (excluding diaryl/α,β-unsaturated/α-hetero) is 1. The Kier molecular flexibility index (Phi) is 5.92. The molecule has 1 atom stereocenters. The Morgan fingerprint density at radius 1 is 0.970 bits per heavy atom. The van der Waals surface area contributed by atoms with Crippen molar-refractivity contribution in [3.8, 4) is 11.5 Å². The zero-order valence-electron chi connectivity index (χ0n) is 18.6. The molecule has 3 aromatic carbocycles. The summed E-state index contributed by atoms with van der Waals surface area (Å²) in [5, 5.41) is 21.0. The zero-order valence-corrected chi connectivity index (χ0v) is 18.6. The van der Waals surface area contributed by atoms with Gasteiger partial charge in [0.25, 0.3) is 11.7 Å². The first kappa shape index (κ1) is 22.1. The number of hydrogen-bond donors (Lipinski definition) is 2. The molecule has 2 N–H and O–H groups in total. The number of hydrogen-bond acceptors (Lipinski definition) is 5. The third kappa shape index (κ3) is 4.20. The lowest BCUT2D eigenvalue weighted by molar-refractivity contribution is -0.132. The predicted octanol–water partition coefficient (Wildman–Crippen LogP) is 5.11. The maximum absolute atomic E-state index is 13.2. The van der Waals surface area contributed by atoms with Gasteiger partial charge in [0, 0.05) is 11.3 Å². The van der Waals surface area contributed by atoms with E-state index in [0.29, 0.717) is 22.6 Å². The minimum Gasteiger partial charge on any atom is -0.508 e.